The number of hydrogen-bond acceptors (Lipinski definition) is 5. The summed E-state index contributed by atoms with van der Waals surface area (Å²) >= 11 is 0. The lowest BCUT2D eigenvalue weighted by molar-refractivity contribution is -0.138. The van der Waals surface area contributed by atoms with Crippen LogP contribution in [-0.4, -0.2) is 58.7 Å². The highest BCUT2D eigenvalue weighted by atomic mass is 16.3. The van der Waals surface area contributed by atoms with Crippen LogP contribution in [-0.2, 0) is 16.0 Å². The minimum Gasteiger partial charge on any atom is -0.508 e. The highest BCUT2D eigenvalue weighted by Crippen LogP contribution is 2.15. The first-order valence-corrected chi connectivity index (χ1v) is 9.23. The minimum absolute atomic E-state index is 0.128. The van der Waals surface area contributed by atoms with Crippen LogP contribution in [0.1, 0.15) is 37.7 Å². The Morgan fingerprint density at radius 1 is 1.19 bits per heavy atom. The van der Waals surface area contributed by atoms with Crippen LogP contribution in [0.2, 0.25) is 0 Å². The van der Waals surface area contributed by atoms with E-state index in [1.54, 1.807) is 29.2 Å². The van der Waals surface area contributed by atoms with E-state index >= 15 is 0 Å². The van der Waals surface area contributed by atoms with Crippen LogP contribution < -0.4 is 11.1 Å². The van der Waals surface area contributed by atoms with Gasteiger partial charge in [0.2, 0.25) is 11.8 Å². The molecule has 1 aromatic rings. The fourth-order valence-electron chi connectivity index (χ4n) is 3.07. The Morgan fingerprint density at radius 2 is 1.85 bits per heavy atom. The number of piperidine rings is 1. The third-order valence-electron chi connectivity index (χ3n) is 4.64. The maximum absolute atomic E-state index is 12.9. The van der Waals surface area contributed by atoms with E-state index in [0.29, 0.717) is 51.7 Å². The average Bonchev–Trinajstić information content (AvgIpc) is 2.63. The molecule has 7 nitrogen and oxygen atoms in total. The molecule has 0 bridgehead atoms. The van der Waals surface area contributed by atoms with Crippen molar-refractivity contribution in [1.82, 2.24) is 10.2 Å². The summed E-state index contributed by atoms with van der Waals surface area (Å²) in [5.74, 6) is -0.128. The first-order chi connectivity index (χ1) is 12.5. The summed E-state index contributed by atoms with van der Waals surface area (Å²) in [6, 6.07) is 5.97. The lowest BCUT2D eigenvalue weighted by Crippen LogP contribution is -2.52. The quantitative estimate of drug-likeness (QED) is 0.503. The van der Waals surface area contributed by atoms with Crippen molar-refractivity contribution >= 4 is 11.8 Å². The van der Waals surface area contributed by atoms with E-state index in [-0.39, 0.29) is 23.7 Å². The largest absolute Gasteiger partial charge is 0.508 e. The van der Waals surface area contributed by atoms with Crippen molar-refractivity contribution in [2.45, 2.75) is 50.7 Å². The normalized spacial score (nSPS) is 16.3. The van der Waals surface area contributed by atoms with Gasteiger partial charge in [-0.1, -0.05) is 12.1 Å². The third kappa shape index (κ3) is 6.31. The van der Waals surface area contributed by atoms with Crippen LogP contribution in [0.5, 0.6) is 5.75 Å². The van der Waals surface area contributed by atoms with Gasteiger partial charge in [-0.05, 0) is 49.9 Å². The number of aliphatic hydroxyl groups is 1. The number of aromatic hydroxyl groups is 1. The van der Waals surface area contributed by atoms with E-state index in [1.807, 2.05) is 0 Å². The van der Waals surface area contributed by atoms with Gasteiger partial charge in [-0.2, -0.15) is 0 Å². The molecule has 0 radical (unpaired) electrons. The number of unbranched alkanes of at least 4 members (excludes halogenated alkanes) is 1. The molecule has 0 aromatic heterocycles. The number of phenolic OH excluding ortho intramolecular Hbond substituents is 1. The van der Waals surface area contributed by atoms with Gasteiger partial charge in [0.1, 0.15) is 11.8 Å². The first-order valence-electron chi connectivity index (χ1n) is 9.23. The lowest BCUT2D eigenvalue weighted by Gasteiger charge is -2.32. The fourth-order valence-corrected chi connectivity index (χ4v) is 3.07. The zero-order valence-electron chi connectivity index (χ0n) is 15.1. The summed E-state index contributed by atoms with van der Waals surface area (Å²) in [4.78, 5) is 26.8. The van der Waals surface area contributed by atoms with Crippen LogP contribution in [0.25, 0.3) is 0 Å². The third-order valence-corrected chi connectivity index (χ3v) is 4.64. The molecule has 144 valence electrons. The molecule has 1 heterocycles. The molecule has 2 rings (SSSR count). The molecule has 0 unspecified atom stereocenters. The number of carbonyl (C=O) groups is 2. The number of rotatable bonds is 8. The van der Waals surface area contributed by atoms with Gasteiger partial charge >= 0.3 is 0 Å². The highest BCUT2D eigenvalue weighted by Gasteiger charge is 2.28. The Bertz CT molecular complexity index is 583. The van der Waals surface area contributed by atoms with Crippen LogP contribution in [0.15, 0.2) is 24.3 Å². The van der Waals surface area contributed by atoms with Crippen molar-refractivity contribution in [3.8, 4) is 5.75 Å². The zero-order chi connectivity index (χ0) is 18.9. The number of phenols is 1. The number of hydrogen-bond donors (Lipinski definition) is 4. The maximum Gasteiger partial charge on any atom is 0.245 e. The first kappa shape index (κ1) is 20.2. The minimum atomic E-state index is -0.653. The molecule has 1 fully saturated rings. The van der Waals surface area contributed by atoms with E-state index in [9.17, 15) is 19.8 Å². The van der Waals surface area contributed by atoms with E-state index in [4.69, 9.17) is 5.73 Å². The van der Waals surface area contributed by atoms with Gasteiger partial charge < -0.3 is 26.2 Å². The Morgan fingerprint density at radius 3 is 2.46 bits per heavy atom. The van der Waals surface area contributed by atoms with Crippen LogP contribution >= 0.6 is 0 Å². The molecule has 26 heavy (non-hydrogen) atoms. The molecule has 1 aliphatic heterocycles. The fraction of sp³-hybridized carbons (Fsp3) is 0.579. The predicted octanol–water partition coefficient (Wildman–Crippen LogP) is 0.532. The van der Waals surface area contributed by atoms with Crippen LogP contribution in [0.3, 0.4) is 0 Å². The maximum atomic E-state index is 12.9. The summed E-state index contributed by atoms with van der Waals surface area (Å²) in [5.41, 5.74) is 6.32. The van der Waals surface area contributed by atoms with E-state index < -0.39 is 6.04 Å². The summed E-state index contributed by atoms with van der Waals surface area (Å²) in [7, 11) is 0. The number of likely N-dealkylation sites (tertiary alicyclic amines) is 1. The predicted molar refractivity (Wildman–Crippen MR) is 98.5 cm³/mol. The van der Waals surface area contributed by atoms with Crippen LogP contribution in [0, 0.1) is 0 Å². The Balaban J connectivity index is 2.03. The molecule has 1 aliphatic rings. The monoisotopic (exact) mass is 363 g/mol. The van der Waals surface area contributed by atoms with E-state index in [1.165, 1.54) is 0 Å². The van der Waals surface area contributed by atoms with Crippen molar-refractivity contribution in [1.29, 1.82) is 0 Å². The summed E-state index contributed by atoms with van der Waals surface area (Å²) < 4.78 is 0. The van der Waals surface area contributed by atoms with Crippen molar-refractivity contribution in [2.24, 2.45) is 5.73 Å². The molecule has 5 N–H and O–H groups in total. The molecule has 7 heteroatoms. The second-order valence-electron chi connectivity index (χ2n) is 6.79. The van der Waals surface area contributed by atoms with Crippen LogP contribution in [0.4, 0.5) is 0 Å². The number of aliphatic hydroxyl groups excluding tert-OH is 1. The van der Waals surface area contributed by atoms with E-state index in [2.05, 4.69) is 5.32 Å². The number of benzene rings is 1. The molecule has 0 spiro atoms. The Hall–Kier alpha value is -2.12. The summed E-state index contributed by atoms with van der Waals surface area (Å²) in [5, 5.41) is 21.9. The smallest absolute Gasteiger partial charge is 0.245 e. The SMILES string of the molecule is NCCCCC(=O)N[C@@H](Cc1ccc(O)cc1)C(=O)N1CCC(O)CC1. The second-order valence-corrected chi connectivity index (χ2v) is 6.79. The Labute approximate surface area is 154 Å². The molecule has 0 saturated carbocycles. The average molecular weight is 363 g/mol. The Kier molecular flexibility index (Phi) is 7.87. The molecule has 1 saturated heterocycles. The molecule has 2 amide bonds. The van der Waals surface area contributed by atoms with Gasteiger partial charge in [0.25, 0.3) is 0 Å². The van der Waals surface area contributed by atoms with Crippen molar-refractivity contribution < 1.29 is 19.8 Å². The van der Waals surface area contributed by atoms with Gasteiger partial charge in [0.05, 0.1) is 6.10 Å². The zero-order valence-corrected chi connectivity index (χ0v) is 15.1. The van der Waals surface area contributed by atoms with Gasteiger partial charge in [-0.25, -0.2) is 0 Å². The number of nitrogens with one attached hydrogen (secondary N) is 1. The lowest BCUT2D eigenvalue weighted by atomic mass is 10.0. The summed E-state index contributed by atoms with van der Waals surface area (Å²) in [6.45, 7) is 1.53. The molecular weight excluding hydrogens is 334 g/mol. The molecule has 0 aliphatic carbocycles. The molecule has 1 aromatic carbocycles. The second kappa shape index (κ2) is 10.1. The van der Waals surface area contributed by atoms with Crippen molar-refractivity contribution in [3.63, 3.8) is 0 Å². The number of nitrogens with zero attached hydrogens (tertiary/aromatic N) is 1. The number of amides is 2. The van der Waals surface area contributed by atoms with Crippen molar-refractivity contribution in [2.75, 3.05) is 19.6 Å². The standard InChI is InChI=1S/C19H29N3O4/c20-10-2-1-3-18(25)21-17(13-14-4-6-15(23)7-5-14)19(26)22-11-8-16(24)9-12-22/h4-7,16-17,23-24H,1-3,8-13,20H2,(H,21,25)/t17-/m0/s1. The van der Waals surface area contributed by atoms with Crippen molar-refractivity contribution in [3.05, 3.63) is 29.8 Å². The molecule has 1 atom stereocenters. The van der Waals surface area contributed by atoms with Gasteiger partial charge in [-0.3, -0.25) is 9.59 Å². The summed E-state index contributed by atoms with van der Waals surface area (Å²) in [6.07, 6.45) is 2.92. The van der Waals surface area contributed by atoms with E-state index in [0.717, 1.165) is 12.0 Å². The number of nitrogens with two attached hydrogens (primary N) is 1. The van der Waals surface area contributed by atoms with Gasteiger partial charge in [0, 0.05) is 25.9 Å². The highest BCUT2D eigenvalue weighted by molar-refractivity contribution is 5.88. The van der Waals surface area contributed by atoms with Gasteiger partial charge in [0.15, 0.2) is 0 Å². The topological polar surface area (TPSA) is 116 Å². The van der Waals surface area contributed by atoms with Gasteiger partial charge in [-0.15, -0.1) is 0 Å². The molecular formula is C19H29N3O4. The number of carbonyl (C=O) groups excluding carboxylic acids is 2.